The van der Waals surface area contributed by atoms with E-state index in [0.29, 0.717) is 36.3 Å². The molecule has 1 fully saturated rings. The molecule has 0 unspecified atom stereocenters. The summed E-state index contributed by atoms with van der Waals surface area (Å²) >= 11 is 7.02. The highest BCUT2D eigenvalue weighted by Crippen LogP contribution is 2.31. The number of piperazine rings is 1. The van der Waals surface area contributed by atoms with Crippen molar-refractivity contribution in [3.8, 4) is 11.4 Å². The Morgan fingerprint density at radius 1 is 0.935 bits per heavy atom. The van der Waals surface area contributed by atoms with Gasteiger partial charge in [0.15, 0.2) is 5.82 Å². The number of pyridine rings is 1. The molecule has 31 heavy (non-hydrogen) atoms. The number of rotatable bonds is 4. The van der Waals surface area contributed by atoms with E-state index in [1.165, 1.54) is 4.31 Å². The highest BCUT2D eigenvalue weighted by molar-refractivity contribution is 7.91. The van der Waals surface area contributed by atoms with Gasteiger partial charge in [-0.1, -0.05) is 23.7 Å². The van der Waals surface area contributed by atoms with Gasteiger partial charge in [-0.3, -0.25) is 4.98 Å². The van der Waals surface area contributed by atoms with Crippen molar-refractivity contribution >= 4 is 49.7 Å². The Morgan fingerprint density at radius 3 is 2.45 bits per heavy atom. The van der Waals surface area contributed by atoms with Crippen molar-refractivity contribution in [2.75, 3.05) is 31.1 Å². The predicted octanol–water partition coefficient (Wildman–Crippen LogP) is 3.92. The molecular formula is C21H18ClN5O2S2. The zero-order chi connectivity index (χ0) is 21.4. The molecule has 3 aromatic heterocycles. The minimum atomic E-state index is -3.54. The summed E-state index contributed by atoms with van der Waals surface area (Å²) in [5.41, 5.74) is 1.68. The number of halogens is 1. The number of aromatic nitrogens is 3. The lowest BCUT2D eigenvalue weighted by molar-refractivity contribution is 0.385. The van der Waals surface area contributed by atoms with Crippen LogP contribution >= 0.6 is 22.9 Å². The smallest absolute Gasteiger partial charge is 0.252 e. The first-order chi connectivity index (χ1) is 15.0. The highest BCUT2D eigenvalue weighted by atomic mass is 35.5. The largest absolute Gasteiger partial charge is 0.353 e. The molecule has 0 aliphatic carbocycles. The number of anilines is 1. The summed E-state index contributed by atoms with van der Waals surface area (Å²) in [6.07, 6.45) is 3.45. The van der Waals surface area contributed by atoms with Crippen molar-refractivity contribution in [3.05, 3.63) is 65.3 Å². The summed E-state index contributed by atoms with van der Waals surface area (Å²) < 4.78 is 28.1. The Kier molecular flexibility index (Phi) is 5.35. The van der Waals surface area contributed by atoms with Crippen LogP contribution in [-0.2, 0) is 10.0 Å². The Hall–Kier alpha value is -2.59. The predicted molar refractivity (Wildman–Crippen MR) is 123 cm³/mol. The van der Waals surface area contributed by atoms with E-state index in [-0.39, 0.29) is 4.21 Å². The van der Waals surface area contributed by atoms with E-state index in [1.54, 1.807) is 24.5 Å². The summed E-state index contributed by atoms with van der Waals surface area (Å²) in [6.45, 7) is 1.81. The lowest BCUT2D eigenvalue weighted by atomic mass is 10.2. The van der Waals surface area contributed by atoms with E-state index in [4.69, 9.17) is 21.6 Å². The fourth-order valence-corrected chi connectivity index (χ4v) is 6.69. The van der Waals surface area contributed by atoms with Crippen molar-refractivity contribution in [1.82, 2.24) is 19.3 Å². The second kappa shape index (κ2) is 8.16. The van der Waals surface area contributed by atoms with Crippen LogP contribution in [0.5, 0.6) is 0 Å². The first-order valence-corrected chi connectivity index (χ1v) is 12.3. The number of hydrogen-bond acceptors (Lipinski definition) is 7. The average molecular weight is 472 g/mol. The summed E-state index contributed by atoms with van der Waals surface area (Å²) in [7, 11) is -3.54. The minimum Gasteiger partial charge on any atom is -0.353 e. The molecule has 5 rings (SSSR count). The van der Waals surface area contributed by atoms with Gasteiger partial charge in [0.2, 0.25) is 0 Å². The van der Waals surface area contributed by atoms with Gasteiger partial charge in [-0.15, -0.1) is 11.3 Å². The molecule has 1 aromatic carbocycles. The van der Waals surface area contributed by atoms with Crippen LogP contribution in [0.4, 0.5) is 5.82 Å². The van der Waals surface area contributed by atoms with Crippen molar-refractivity contribution < 1.29 is 8.42 Å². The van der Waals surface area contributed by atoms with Gasteiger partial charge in [0.1, 0.15) is 10.0 Å². The van der Waals surface area contributed by atoms with Crippen LogP contribution in [0.25, 0.3) is 22.3 Å². The molecule has 4 aromatic rings. The molecule has 0 bridgehead atoms. The highest BCUT2D eigenvalue weighted by Gasteiger charge is 2.30. The zero-order valence-corrected chi connectivity index (χ0v) is 18.7. The third-order valence-corrected chi connectivity index (χ3v) is 8.78. The second-order valence-electron chi connectivity index (χ2n) is 7.08. The lowest BCUT2D eigenvalue weighted by Gasteiger charge is -2.35. The van der Waals surface area contributed by atoms with Gasteiger partial charge in [-0.2, -0.15) is 4.31 Å². The Morgan fingerprint density at radius 2 is 1.74 bits per heavy atom. The third kappa shape index (κ3) is 3.89. The number of thiophene rings is 1. The van der Waals surface area contributed by atoms with Gasteiger partial charge in [0, 0.05) is 49.5 Å². The molecule has 4 heterocycles. The van der Waals surface area contributed by atoms with E-state index < -0.39 is 10.0 Å². The Labute approximate surface area is 189 Å². The molecular weight excluding hydrogens is 454 g/mol. The van der Waals surface area contributed by atoms with Gasteiger partial charge in [-0.25, -0.2) is 18.4 Å². The topological polar surface area (TPSA) is 79.3 Å². The summed E-state index contributed by atoms with van der Waals surface area (Å²) in [5.74, 6) is 1.41. The lowest BCUT2D eigenvalue weighted by Crippen LogP contribution is -2.48. The number of nitrogens with zero attached hydrogens (tertiary/aromatic N) is 5. The fraction of sp³-hybridized carbons (Fsp3) is 0.190. The zero-order valence-electron chi connectivity index (χ0n) is 16.3. The quantitative estimate of drug-likeness (QED) is 0.449. The maximum Gasteiger partial charge on any atom is 0.252 e. The van der Waals surface area contributed by atoms with E-state index >= 15 is 0 Å². The minimum absolute atomic E-state index is 0.275. The van der Waals surface area contributed by atoms with Crippen LogP contribution in [-0.4, -0.2) is 53.9 Å². The number of para-hydroxylation sites is 1. The number of fused-ring (bicyclic) bond motifs is 1. The molecule has 0 atom stereocenters. The van der Waals surface area contributed by atoms with Crippen molar-refractivity contribution in [2.45, 2.75) is 4.21 Å². The first kappa shape index (κ1) is 20.3. The van der Waals surface area contributed by atoms with E-state index in [9.17, 15) is 8.42 Å². The number of benzene rings is 1. The SMILES string of the molecule is O=S(=O)(c1ccc(Cl)s1)N1CCN(c2nc(-c3cccnc3)nc3ccccc23)CC1. The Bertz CT molecular complexity index is 1340. The molecule has 7 nitrogen and oxygen atoms in total. The van der Waals surface area contributed by atoms with Crippen molar-refractivity contribution in [2.24, 2.45) is 0 Å². The molecule has 1 saturated heterocycles. The van der Waals surface area contributed by atoms with Crippen LogP contribution in [0.2, 0.25) is 4.34 Å². The van der Waals surface area contributed by atoms with E-state index in [2.05, 4.69) is 9.88 Å². The van der Waals surface area contributed by atoms with Crippen molar-refractivity contribution in [1.29, 1.82) is 0 Å². The van der Waals surface area contributed by atoms with Crippen LogP contribution in [0, 0.1) is 0 Å². The van der Waals surface area contributed by atoms with Crippen LogP contribution in [0.3, 0.4) is 0 Å². The van der Waals surface area contributed by atoms with Crippen LogP contribution < -0.4 is 4.90 Å². The molecule has 10 heteroatoms. The second-order valence-corrected chi connectivity index (χ2v) is 11.0. The molecule has 0 radical (unpaired) electrons. The molecule has 158 valence electrons. The van der Waals surface area contributed by atoms with Gasteiger partial charge >= 0.3 is 0 Å². The number of hydrogen-bond donors (Lipinski definition) is 0. The molecule has 1 aliphatic rings. The van der Waals surface area contributed by atoms with Gasteiger partial charge in [0.05, 0.1) is 9.85 Å². The number of sulfonamides is 1. The monoisotopic (exact) mass is 471 g/mol. The normalized spacial score (nSPS) is 15.5. The van der Waals surface area contributed by atoms with Gasteiger partial charge in [-0.05, 0) is 36.4 Å². The fourth-order valence-electron chi connectivity index (χ4n) is 3.63. The standard InChI is InChI=1S/C21H18ClN5O2S2/c22-18-7-8-19(30-18)31(28,29)27-12-10-26(11-13-27)21-16-5-1-2-6-17(16)24-20(25-21)15-4-3-9-23-14-15/h1-9,14H,10-13H2. The molecule has 0 amide bonds. The van der Waals surface area contributed by atoms with E-state index in [0.717, 1.165) is 33.6 Å². The summed E-state index contributed by atoms with van der Waals surface area (Å²) in [4.78, 5) is 15.8. The summed E-state index contributed by atoms with van der Waals surface area (Å²) in [5, 5.41) is 0.941. The van der Waals surface area contributed by atoms with Crippen molar-refractivity contribution in [3.63, 3.8) is 0 Å². The maximum absolute atomic E-state index is 12.9. The molecule has 0 spiro atoms. The van der Waals surface area contributed by atoms with Gasteiger partial charge in [0.25, 0.3) is 10.0 Å². The molecule has 0 saturated carbocycles. The molecule has 0 N–H and O–H groups in total. The van der Waals surface area contributed by atoms with Crippen LogP contribution in [0.15, 0.2) is 65.1 Å². The van der Waals surface area contributed by atoms with Crippen LogP contribution in [0.1, 0.15) is 0 Å². The average Bonchev–Trinajstić information content (AvgIpc) is 3.26. The third-order valence-electron chi connectivity index (χ3n) is 5.18. The first-order valence-electron chi connectivity index (χ1n) is 9.70. The Balaban J connectivity index is 1.46. The van der Waals surface area contributed by atoms with E-state index in [1.807, 2.05) is 36.4 Å². The summed E-state index contributed by atoms with van der Waals surface area (Å²) in [6, 6.07) is 14.8. The maximum atomic E-state index is 12.9. The molecule has 1 aliphatic heterocycles. The van der Waals surface area contributed by atoms with Gasteiger partial charge < -0.3 is 4.90 Å².